The predicted octanol–water partition coefficient (Wildman–Crippen LogP) is 3.26. The first-order valence-electron chi connectivity index (χ1n) is 9.26. The molecule has 0 unspecified atom stereocenters. The normalized spacial score (nSPS) is 14.4. The van der Waals surface area contributed by atoms with Gasteiger partial charge >= 0.3 is 6.01 Å². The Morgan fingerprint density at radius 1 is 0.926 bits per heavy atom. The maximum Gasteiger partial charge on any atom is 0.318 e. The van der Waals surface area contributed by atoms with Gasteiger partial charge in [-0.25, -0.2) is 0 Å². The molecule has 1 aliphatic heterocycles. The van der Waals surface area contributed by atoms with Crippen LogP contribution in [0.5, 0.6) is 0 Å². The van der Waals surface area contributed by atoms with Gasteiger partial charge in [-0.3, -0.25) is 4.79 Å². The van der Waals surface area contributed by atoms with Crippen molar-refractivity contribution in [2.45, 2.75) is 13.3 Å². The Morgan fingerprint density at radius 3 is 2.22 bits per heavy atom. The van der Waals surface area contributed by atoms with Gasteiger partial charge in [0.25, 0.3) is 5.91 Å². The Morgan fingerprint density at radius 2 is 1.59 bits per heavy atom. The Bertz CT molecular complexity index is 897. The topological polar surface area (TPSA) is 62.5 Å². The maximum atomic E-state index is 12.8. The molecule has 138 valence electrons. The second kappa shape index (κ2) is 7.61. The molecule has 6 heteroatoms. The third-order valence-corrected chi connectivity index (χ3v) is 4.84. The molecule has 3 aromatic rings. The summed E-state index contributed by atoms with van der Waals surface area (Å²) < 4.78 is 5.61. The number of carbonyl (C=O) groups excluding carboxylic acids is 1. The van der Waals surface area contributed by atoms with E-state index in [2.05, 4.69) is 22.3 Å². The van der Waals surface area contributed by atoms with Gasteiger partial charge in [0, 0.05) is 38.2 Å². The summed E-state index contributed by atoms with van der Waals surface area (Å²) in [5, 5.41) is 8.09. The number of aryl methyl sites for hydroxylation is 1. The second-order valence-corrected chi connectivity index (χ2v) is 6.55. The summed E-state index contributed by atoms with van der Waals surface area (Å²) in [5.74, 6) is 0.705. The van der Waals surface area contributed by atoms with Crippen molar-refractivity contribution >= 4 is 11.9 Å². The van der Waals surface area contributed by atoms with Gasteiger partial charge in [-0.2, -0.15) is 0 Å². The lowest BCUT2D eigenvalue weighted by Crippen LogP contribution is -2.48. The van der Waals surface area contributed by atoms with Crippen LogP contribution < -0.4 is 4.90 Å². The van der Waals surface area contributed by atoms with E-state index in [-0.39, 0.29) is 5.91 Å². The Hall–Kier alpha value is -3.15. The van der Waals surface area contributed by atoms with Gasteiger partial charge in [-0.15, -0.1) is 5.10 Å². The van der Waals surface area contributed by atoms with Crippen LogP contribution in [0, 0.1) is 0 Å². The van der Waals surface area contributed by atoms with Crippen LogP contribution in [0.3, 0.4) is 0 Å². The summed E-state index contributed by atoms with van der Waals surface area (Å²) in [7, 11) is 0. The highest BCUT2D eigenvalue weighted by atomic mass is 16.4. The van der Waals surface area contributed by atoms with Crippen LogP contribution in [0.15, 0.2) is 59.0 Å². The lowest BCUT2D eigenvalue weighted by molar-refractivity contribution is 0.0745. The van der Waals surface area contributed by atoms with Gasteiger partial charge in [0.15, 0.2) is 0 Å². The van der Waals surface area contributed by atoms with E-state index in [9.17, 15) is 4.79 Å². The van der Waals surface area contributed by atoms with Crippen molar-refractivity contribution in [1.29, 1.82) is 0 Å². The first-order chi connectivity index (χ1) is 13.2. The van der Waals surface area contributed by atoms with Crippen LogP contribution in [-0.4, -0.2) is 47.2 Å². The average molecular weight is 362 g/mol. The van der Waals surface area contributed by atoms with Crippen LogP contribution >= 0.6 is 0 Å². The first kappa shape index (κ1) is 17.3. The highest BCUT2D eigenvalue weighted by Gasteiger charge is 2.24. The molecule has 4 rings (SSSR count). The minimum atomic E-state index is 0.0639. The molecule has 0 saturated carbocycles. The van der Waals surface area contributed by atoms with Crippen molar-refractivity contribution < 1.29 is 9.21 Å². The summed E-state index contributed by atoms with van der Waals surface area (Å²) in [6.07, 6.45) is 0.727. The molecule has 1 aromatic heterocycles. The van der Waals surface area contributed by atoms with Gasteiger partial charge in [0.05, 0.1) is 0 Å². The van der Waals surface area contributed by atoms with E-state index in [0.717, 1.165) is 17.5 Å². The number of anilines is 1. The molecule has 0 bridgehead atoms. The number of nitrogens with zero attached hydrogens (tertiary/aromatic N) is 4. The molecule has 1 aliphatic rings. The third kappa shape index (κ3) is 3.69. The van der Waals surface area contributed by atoms with Crippen LogP contribution in [-0.2, 0) is 6.42 Å². The molecule has 0 N–H and O–H groups in total. The number of hydrogen-bond acceptors (Lipinski definition) is 5. The van der Waals surface area contributed by atoms with Crippen molar-refractivity contribution in [3.05, 3.63) is 66.1 Å². The molecule has 0 radical (unpaired) electrons. The fraction of sp³-hybridized carbons (Fsp3) is 0.286. The smallest absolute Gasteiger partial charge is 0.318 e. The van der Waals surface area contributed by atoms with Crippen molar-refractivity contribution in [2.24, 2.45) is 0 Å². The molecule has 2 heterocycles. The molecule has 1 amide bonds. The lowest BCUT2D eigenvalue weighted by atomic mass is 10.0. The minimum Gasteiger partial charge on any atom is -0.408 e. The van der Waals surface area contributed by atoms with E-state index in [0.29, 0.717) is 43.6 Å². The monoisotopic (exact) mass is 362 g/mol. The number of rotatable bonds is 4. The SMILES string of the molecule is CCc1nnc(N2CCN(C(=O)c3ccc(-c4ccccc4)cc3)CC2)o1. The summed E-state index contributed by atoms with van der Waals surface area (Å²) in [4.78, 5) is 16.7. The summed E-state index contributed by atoms with van der Waals surface area (Å²) >= 11 is 0. The molecule has 27 heavy (non-hydrogen) atoms. The number of amides is 1. The molecule has 2 aromatic carbocycles. The summed E-state index contributed by atoms with van der Waals surface area (Å²) in [5.41, 5.74) is 2.98. The number of benzene rings is 2. The predicted molar refractivity (Wildman–Crippen MR) is 104 cm³/mol. The quantitative estimate of drug-likeness (QED) is 0.713. The van der Waals surface area contributed by atoms with Gasteiger partial charge in [0.2, 0.25) is 5.89 Å². The van der Waals surface area contributed by atoms with Gasteiger partial charge < -0.3 is 14.2 Å². The molecule has 6 nitrogen and oxygen atoms in total. The van der Waals surface area contributed by atoms with E-state index in [1.807, 2.05) is 59.2 Å². The molecule has 0 spiro atoms. The minimum absolute atomic E-state index is 0.0639. The number of aromatic nitrogens is 2. The highest BCUT2D eigenvalue weighted by Crippen LogP contribution is 2.21. The number of carbonyl (C=O) groups is 1. The van der Waals surface area contributed by atoms with E-state index in [1.165, 1.54) is 0 Å². The van der Waals surface area contributed by atoms with Gasteiger partial charge in [0.1, 0.15) is 0 Å². The molecule has 0 aliphatic carbocycles. The fourth-order valence-electron chi connectivity index (χ4n) is 3.23. The van der Waals surface area contributed by atoms with Crippen LogP contribution in [0.25, 0.3) is 11.1 Å². The van der Waals surface area contributed by atoms with E-state index < -0.39 is 0 Å². The van der Waals surface area contributed by atoms with Crippen LogP contribution in [0.1, 0.15) is 23.2 Å². The zero-order valence-electron chi connectivity index (χ0n) is 15.3. The Kier molecular flexibility index (Phi) is 4.87. The average Bonchev–Trinajstić information content (AvgIpc) is 3.23. The summed E-state index contributed by atoms with van der Waals surface area (Å²) in [6, 6.07) is 18.5. The van der Waals surface area contributed by atoms with E-state index in [4.69, 9.17) is 4.42 Å². The third-order valence-electron chi connectivity index (χ3n) is 4.84. The molecular formula is C21H22N4O2. The molecule has 1 saturated heterocycles. The van der Waals surface area contributed by atoms with Crippen LogP contribution in [0.4, 0.5) is 6.01 Å². The molecular weight excluding hydrogens is 340 g/mol. The summed E-state index contributed by atoms with van der Waals surface area (Å²) in [6.45, 7) is 4.65. The zero-order chi connectivity index (χ0) is 18.6. The van der Waals surface area contributed by atoms with Crippen molar-refractivity contribution in [3.63, 3.8) is 0 Å². The standard InChI is InChI=1S/C21H22N4O2/c1-2-19-22-23-21(27-19)25-14-12-24(13-15-25)20(26)18-10-8-17(9-11-18)16-6-4-3-5-7-16/h3-11H,2,12-15H2,1H3. The van der Waals surface area contributed by atoms with Crippen LogP contribution in [0.2, 0.25) is 0 Å². The number of piperazine rings is 1. The van der Waals surface area contributed by atoms with Gasteiger partial charge in [-0.1, -0.05) is 54.5 Å². The fourth-order valence-corrected chi connectivity index (χ4v) is 3.23. The van der Waals surface area contributed by atoms with E-state index >= 15 is 0 Å². The Labute approximate surface area is 158 Å². The Balaban J connectivity index is 1.39. The van der Waals surface area contributed by atoms with Crippen molar-refractivity contribution in [3.8, 4) is 11.1 Å². The van der Waals surface area contributed by atoms with Crippen molar-refractivity contribution in [2.75, 3.05) is 31.1 Å². The highest BCUT2D eigenvalue weighted by molar-refractivity contribution is 5.94. The van der Waals surface area contributed by atoms with E-state index in [1.54, 1.807) is 0 Å². The number of hydrogen-bond donors (Lipinski definition) is 0. The van der Waals surface area contributed by atoms with Crippen molar-refractivity contribution in [1.82, 2.24) is 15.1 Å². The molecule has 1 fully saturated rings. The largest absolute Gasteiger partial charge is 0.408 e. The van der Waals surface area contributed by atoms with Gasteiger partial charge in [-0.05, 0) is 23.3 Å². The lowest BCUT2D eigenvalue weighted by Gasteiger charge is -2.33. The maximum absolute atomic E-state index is 12.8. The second-order valence-electron chi connectivity index (χ2n) is 6.55. The molecule has 0 atom stereocenters. The zero-order valence-corrected chi connectivity index (χ0v) is 15.3. The first-order valence-corrected chi connectivity index (χ1v) is 9.26.